The first-order valence-electron chi connectivity index (χ1n) is 16.4. The van der Waals surface area contributed by atoms with E-state index in [1.165, 1.54) is 0 Å². The van der Waals surface area contributed by atoms with Gasteiger partial charge in [0.1, 0.15) is 22.7 Å². The van der Waals surface area contributed by atoms with E-state index in [9.17, 15) is 9.59 Å². The van der Waals surface area contributed by atoms with Crippen LogP contribution in [0.2, 0.25) is 58.9 Å². The second-order valence-corrected chi connectivity index (χ2v) is 30.6. The Balaban J connectivity index is 1.68. The molecule has 2 saturated carbocycles. The molecule has 0 saturated heterocycles. The van der Waals surface area contributed by atoms with Crippen molar-refractivity contribution < 1.29 is 27.2 Å². The predicted molar refractivity (Wildman–Crippen MR) is 184 cm³/mol. The van der Waals surface area contributed by atoms with E-state index in [4.69, 9.17) is 22.4 Å². The number of fused-ring (bicyclic) bond motifs is 4. The normalized spacial score (nSPS) is 33.6. The third-order valence-corrected chi connectivity index (χ3v) is 13.1. The number of Topliss-reactive ketones (excluding diaryl/α,β-unsaturated/α-hetero) is 1. The van der Waals surface area contributed by atoms with E-state index in [1.807, 2.05) is 6.92 Å². The van der Waals surface area contributed by atoms with Crippen LogP contribution in [0, 0.1) is 22.7 Å². The molecule has 0 radical (unpaired) electrons. The second kappa shape index (κ2) is 11.4. The number of hydrogen-bond donors (Lipinski definition) is 0. The number of pyridine rings is 1. The number of ketones is 1. The number of carbonyl (C=O) groups is 1. The molecule has 2 aromatic rings. The summed E-state index contributed by atoms with van der Waals surface area (Å²) in [6.07, 6.45) is 5.22. The van der Waals surface area contributed by atoms with Crippen molar-refractivity contribution in [1.82, 2.24) is 4.98 Å². The Morgan fingerprint density at radius 1 is 0.889 bits per heavy atom. The quantitative estimate of drug-likeness (QED) is 0.263. The Labute approximate surface area is 272 Å². The van der Waals surface area contributed by atoms with E-state index in [0.717, 1.165) is 12.8 Å². The molecule has 0 unspecified atom stereocenters. The van der Waals surface area contributed by atoms with Gasteiger partial charge in [-0.2, -0.15) is 0 Å². The van der Waals surface area contributed by atoms with E-state index >= 15 is 0 Å². The average Bonchev–Trinajstić information content (AvgIpc) is 2.89. The summed E-state index contributed by atoms with van der Waals surface area (Å²) in [4.78, 5) is 32.6. The minimum absolute atomic E-state index is 0.00411. The highest BCUT2D eigenvalue weighted by atomic mass is 28.4. The lowest BCUT2D eigenvalue weighted by Crippen LogP contribution is -2.73. The lowest BCUT2D eigenvalue weighted by molar-refractivity contribution is -0.219. The molecule has 2 fully saturated rings. The molecule has 0 bridgehead atoms. The molecule has 0 aromatic carbocycles. The van der Waals surface area contributed by atoms with Gasteiger partial charge in [0.25, 0.3) is 0 Å². The summed E-state index contributed by atoms with van der Waals surface area (Å²) in [7, 11) is -5.91. The zero-order valence-electron chi connectivity index (χ0n) is 29.3. The number of nitrogens with zero attached hydrogens (tertiary/aromatic N) is 1. The summed E-state index contributed by atoms with van der Waals surface area (Å²) >= 11 is 0. The highest BCUT2D eigenvalue weighted by Crippen LogP contribution is 2.66. The standard InChI is InChI=1S/C34H53NO7Si3/c1-32-16-13-26(41-44(7,8)9)33(2,21-38-43(4,5)6)25(32)20-27(42-45(10,11)12)34(3)30(32)29(36)28-24(40-34)19-23(39-31(28)37)22-14-17-35-18-15-22/h14-15,17-19,25-27,30H,13,16,20-21H2,1-12H3/t25-,26+,27+,30-,32+,33+,34-/m1/s1. The zero-order chi connectivity index (χ0) is 33.4. The topological polar surface area (TPSA) is 97.1 Å². The van der Waals surface area contributed by atoms with Gasteiger partial charge in [-0.1, -0.05) is 13.8 Å². The third-order valence-electron chi connectivity index (χ3n) is 10.1. The molecule has 45 heavy (non-hydrogen) atoms. The smallest absolute Gasteiger partial charge is 0.351 e. The largest absolute Gasteiger partial charge is 0.483 e. The maximum absolute atomic E-state index is 14.9. The van der Waals surface area contributed by atoms with Crippen molar-refractivity contribution in [3.05, 3.63) is 46.6 Å². The summed E-state index contributed by atoms with van der Waals surface area (Å²) in [6, 6.07) is 5.23. The maximum atomic E-state index is 14.9. The fraction of sp³-hybridized carbons (Fsp3) is 0.676. The van der Waals surface area contributed by atoms with Gasteiger partial charge in [0, 0.05) is 36.0 Å². The van der Waals surface area contributed by atoms with Crippen LogP contribution >= 0.6 is 0 Å². The first-order valence-corrected chi connectivity index (χ1v) is 26.6. The molecular formula is C34H53NO7Si3. The number of hydrogen-bond acceptors (Lipinski definition) is 8. The van der Waals surface area contributed by atoms with Crippen LogP contribution in [0.15, 0.2) is 39.8 Å². The molecule has 1 aliphatic heterocycles. The van der Waals surface area contributed by atoms with Gasteiger partial charge in [0.05, 0.1) is 18.1 Å². The lowest BCUT2D eigenvalue weighted by Gasteiger charge is -2.66. The van der Waals surface area contributed by atoms with Gasteiger partial charge >= 0.3 is 5.63 Å². The van der Waals surface area contributed by atoms with E-state index < -0.39 is 47.5 Å². The van der Waals surface area contributed by atoms with Crippen LogP contribution in [0.1, 0.15) is 50.4 Å². The first-order chi connectivity index (χ1) is 20.6. The van der Waals surface area contributed by atoms with Crippen LogP contribution in [0.3, 0.4) is 0 Å². The molecule has 0 amide bonds. The van der Waals surface area contributed by atoms with E-state index in [-0.39, 0.29) is 40.6 Å². The number of rotatable bonds is 8. The van der Waals surface area contributed by atoms with Crippen molar-refractivity contribution in [1.29, 1.82) is 0 Å². The van der Waals surface area contributed by atoms with Gasteiger partial charge in [-0.15, -0.1) is 0 Å². The van der Waals surface area contributed by atoms with Crippen molar-refractivity contribution >= 4 is 30.7 Å². The molecule has 3 heterocycles. The number of aromatic nitrogens is 1. The Kier molecular flexibility index (Phi) is 8.70. The molecule has 248 valence electrons. The summed E-state index contributed by atoms with van der Waals surface area (Å²) in [6.45, 7) is 27.1. The molecule has 0 N–H and O–H groups in total. The third kappa shape index (κ3) is 6.49. The molecule has 2 aliphatic carbocycles. The summed E-state index contributed by atoms with van der Waals surface area (Å²) in [5, 5.41) is 0. The van der Waals surface area contributed by atoms with Crippen LogP contribution in [0.25, 0.3) is 11.3 Å². The summed E-state index contributed by atoms with van der Waals surface area (Å²) < 4.78 is 33.4. The Morgan fingerprint density at radius 3 is 2.07 bits per heavy atom. The van der Waals surface area contributed by atoms with Crippen LogP contribution in [-0.4, -0.2) is 60.1 Å². The van der Waals surface area contributed by atoms with Crippen molar-refractivity contribution in [2.24, 2.45) is 22.7 Å². The molecular weight excluding hydrogens is 619 g/mol. The maximum Gasteiger partial charge on any atom is 0.351 e. The van der Waals surface area contributed by atoms with Crippen LogP contribution in [0.4, 0.5) is 0 Å². The van der Waals surface area contributed by atoms with Gasteiger partial charge < -0.3 is 22.4 Å². The summed E-state index contributed by atoms with van der Waals surface area (Å²) in [5.74, 6) is -0.158. The Morgan fingerprint density at radius 2 is 1.49 bits per heavy atom. The number of ether oxygens (including phenoxy) is 1. The first kappa shape index (κ1) is 34.4. The SMILES string of the molecule is C[C@]1(CO[Si](C)(C)C)[C@@H]2C[C@H](O[Si](C)(C)C)[C@@]3(C)Oc4cc(-c5ccncc5)oc(=O)c4C(=O)[C@@H]3[C@@]2(C)CC[C@@H]1O[Si](C)(C)C. The van der Waals surface area contributed by atoms with Crippen LogP contribution < -0.4 is 10.4 Å². The summed E-state index contributed by atoms with van der Waals surface area (Å²) in [5.41, 5.74) is -1.81. The van der Waals surface area contributed by atoms with Gasteiger partial charge in [0.15, 0.2) is 30.7 Å². The fourth-order valence-corrected chi connectivity index (χ4v) is 11.5. The van der Waals surface area contributed by atoms with E-state index in [2.05, 4.69) is 77.8 Å². The van der Waals surface area contributed by atoms with Crippen molar-refractivity contribution in [2.75, 3.05) is 6.61 Å². The minimum Gasteiger partial charge on any atom is -0.483 e. The fourth-order valence-electron chi connectivity index (χ4n) is 8.37. The van der Waals surface area contributed by atoms with Crippen molar-refractivity contribution in [3.63, 3.8) is 0 Å². The van der Waals surface area contributed by atoms with Crippen molar-refractivity contribution in [3.8, 4) is 17.1 Å². The molecule has 2 aromatic heterocycles. The van der Waals surface area contributed by atoms with Crippen molar-refractivity contribution in [2.45, 2.75) is 117 Å². The van der Waals surface area contributed by atoms with Gasteiger partial charge in [-0.05, 0) is 109 Å². The number of carbonyl (C=O) groups excluding carboxylic acids is 1. The second-order valence-electron chi connectivity index (χ2n) is 17.1. The minimum atomic E-state index is -2.11. The van der Waals surface area contributed by atoms with E-state index in [0.29, 0.717) is 24.4 Å². The predicted octanol–water partition coefficient (Wildman–Crippen LogP) is 7.77. The molecule has 11 heteroatoms. The lowest BCUT2D eigenvalue weighted by atomic mass is 9.43. The highest BCUT2D eigenvalue weighted by Gasteiger charge is 2.70. The Bertz CT molecular complexity index is 1490. The molecule has 7 atom stereocenters. The molecule has 0 spiro atoms. The van der Waals surface area contributed by atoms with Crippen LogP contribution in [-0.2, 0) is 13.3 Å². The van der Waals surface area contributed by atoms with Crippen LogP contribution in [0.5, 0.6) is 5.75 Å². The average molecular weight is 672 g/mol. The molecule has 3 aliphatic rings. The monoisotopic (exact) mass is 671 g/mol. The molecule has 8 nitrogen and oxygen atoms in total. The van der Waals surface area contributed by atoms with Gasteiger partial charge in [-0.25, -0.2) is 4.79 Å². The van der Waals surface area contributed by atoms with Gasteiger partial charge in [-0.3, -0.25) is 9.78 Å². The zero-order valence-corrected chi connectivity index (χ0v) is 32.3. The highest BCUT2D eigenvalue weighted by molar-refractivity contribution is 6.70. The van der Waals surface area contributed by atoms with Gasteiger partial charge in [0.2, 0.25) is 0 Å². The Hall–Kier alpha value is -1.90. The molecule has 5 rings (SSSR count). The van der Waals surface area contributed by atoms with E-state index in [1.54, 1.807) is 30.6 Å².